The number of carboxylic acids is 1. The van der Waals surface area contributed by atoms with Gasteiger partial charge in [0.2, 0.25) is 23.6 Å². The summed E-state index contributed by atoms with van der Waals surface area (Å²) in [5.41, 5.74) is 17.8. The summed E-state index contributed by atoms with van der Waals surface area (Å²) in [4.78, 5) is 64.0. The van der Waals surface area contributed by atoms with Crippen LogP contribution in [0.5, 0.6) is 0 Å². The van der Waals surface area contributed by atoms with E-state index in [0.29, 0.717) is 45.2 Å². The number of amides is 4. The number of aliphatic carboxylic acids is 1. The Balaban J connectivity index is 3.04. The van der Waals surface area contributed by atoms with Crippen LogP contribution in [0.3, 0.4) is 0 Å². The number of benzene rings is 1. The van der Waals surface area contributed by atoms with Gasteiger partial charge in [0.05, 0.1) is 6.04 Å². The van der Waals surface area contributed by atoms with E-state index in [0.717, 1.165) is 12.0 Å². The molecule has 5 atom stereocenters. The molecule has 4 amide bonds. The predicted octanol–water partition coefficient (Wildman–Crippen LogP) is -0.0958. The van der Waals surface area contributed by atoms with Crippen LogP contribution >= 0.6 is 0 Å². The minimum atomic E-state index is -1.18. The molecule has 0 saturated heterocycles. The summed E-state index contributed by atoms with van der Waals surface area (Å²) in [6.07, 6.45) is 3.60. The van der Waals surface area contributed by atoms with Gasteiger partial charge < -0.3 is 43.6 Å². The van der Waals surface area contributed by atoms with Gasteiger partial charge in [-0.15, -0.1) is 0 Å². The molecule has 11 N–H and O–H groups in total. The lowest BCUT2D eigenvalue weighted by Crippen LogP contribution is -2.58. The number of carbonyl (C=O) groups is 5. The summed E-state index contributed by atoms with van der Waals surface area (Å²) in [5, 5.41) is 20.0. The Hall–Kier alpha value is -3.55. The predicted molar refractivity (Wildman–Crippen MR) is 164 cm³/mol. The molecule has 0 saturated carbocycles. The summed E-state index contributed by atoms with van der Waals surface area (Å²) >= 11 is 0. The fourth-order valence-corrected chi connectivity index (χ4v) is 4.38. The van der Waals surface area contributed by atoms with Crippen LogP contribution in [-0.4, -0.2) is 78.0 Å². The first-order chi connectivity index (χ1) is 20.4. The second-order valence-electron chi connectivity index (χ2n) is 11.2. The van der Waals surface area contributed by atoms with Gasteiger partial charge in [0.25, 0.3) is 0 Å². The zero-order chi connectivity index (χ0) is 32.4. The maximum absolute atomic E-state index is 13.5. The van der Waals surface area contributed by atoms with Crippen LogP contribution in [0.15, 0.2) is 30.3 Å². The molecule has 0 aliphatic heterocycles. The first-order valence-electron chi connectivity index (χ1n) is 15.0. The standard InChI is InChI=1S/C30H51N7O6/c1-19(2)17-24(36-27(39)22(33)13-7-9-15-31)29(41)37-25(18-21-11-5-4-6-12-21)28(40)34-20(3)26(38)35-23(30(42)43)14-8-10-16-32/h4-6,11-12,19-20,22-25H,7-10,13-18,31-33H2,1-3H3,(H,34,40)(H,35,38)(H,36,39)(H,37,41)(H,42,43)/t20-,22-,23-,24-,25-/m0/s1. The van der Waals surface area contributed by atoms with E-state index in [4.69, 9.17) is 17.2 Å². The smallest absolute Gasteiger partial charge is 0.326 e. The molecule has 13 nitrogen and oxygen atoms in total. The van der Waals surface area contributed by atoms with Gasteiger partial charge in [0, 0.05) is 6.42 Å². The minimum absolute atomic E-state index is 0.0432. The third-order valence-corrected chi connectivity index (χ3v) is 6.88. The molecule has 0 heterocycles. The summed E-state index contributed by atoms with van der Waals surface area (Å²) in [7, 11) is 0. The van der Waals surface area contributed by atoms with Gasteiger partial charge in [-0.2, -0.15) is 0 Å². The van der Waals surface area contributed by atoms with Gasteiger partial charge in [0.1, 0.15) is 24.2 Å². The zero-order valence-corrected chi connectivity index (χ0v) is 25.6. The molecular weight excluding hydrogens is 554 g/mol. The van der Waals surface area contributed by atoms with Crippen molar-refractivity contribution in [1.29, 1.82) is 0 Å². The summed E-state index contributed by atoms with van der Waals surface area (Å²) < 4.78 is 0. The highest BCUT2D eigenvalue weighted by Crippen LogP contribution is 2.10. The average molecular weight is 606 g/mol. The van der Waals surface area contributed by atoms with Gasteiger partial charge >= 0.3 is 5.97 Å². The molecular formula is C30H51N7O6. The fraction of sp³-hybridized carbons (Fsp3) is 0.633. The van der Waals surface area contributed by atoms with Crippen molar-refractivity contribution in [2.45, 2.75) is 102 Å². The average Bonchev–Trinajstić information content (AvgIpc) is 2.95. The maximum atomic E-state index is 13.5. The normalized spacial score (nSPS) is 14.6. The van der Waals surface area contributed by atoms with Crippen LogP contribution in [-0.2, 0) is 30.4 Å². The van der Waals surface area contributed by atoms with Crippen molar-refractivity contribution < 1.29 is 29.1 Å². The molecule has 0 aliphatic carbocycles. The fourth-order valence-electron chi connectivity index (χ4n) is 4.38. The van der Waals surface area contributed by atoms with E-state index < -0.39 is 59.8 Å². The van der Waals surface area contributed by atoms with Crippen molar-refractivity contribution >= 4 is 29.6 Å². The van der Waals surface area contributed by atoms with Crippen LogP contribution in [0, 0.1) is 5.92 Å². The first-order valence-corrected chi connectivity index (χ1v) is 15.0. The number of hydrogen-bond acceptors (Lipinski definition) is 8. The van der Waals surface area contributed by atoms with Crippen molar-refractivity contribution in [2.75, 3.05) is 13.1 Å². The number of hydrogen-bond donors (Lipinski definition) is 8. The third kappa shape index (κ3) is 15.0. The van der Waals surface area contributed by atoms with Gasteiger partial charge in [0.15, 0.2) is 0 Å². The monoisotopic (exact) mass is 605 g/mol. The van der Waals surface area contributed by atoms with E-state index in [9.17, 15) is 29.1 Å². The number of unbranched alkanes of at least 4 members (excludes halogenated alkanes) is 2. The number of nitrogens with one attached hydrogen (secondary N) is 4. The lowest BCUT2D eigenvalue weighted by molar-refractivity contribution is -0.142. The summed E-state index contributed by atoms with van der Waals surface area (Å²) in [6, 6.07) is 3.98. The van der Waals surface area contributed by atoms with E-state index in [1.54, 1.807) is 24.3 Å². The zero-order valence-electron chi connectivity index (χ0n) is 25.6. The Morgan fingerprint density at radius 2 is 1.23 bits per heavy atom. The Kier molecular flexibility index (Phi) is 17.8. The summed E-state index contributed by atoms with van der Waals surface area (Å²) in [5.74, 6) is -3.48. The lowest BCUT2D eigenvalue weighted by atomic mass is 10.00. The number of rotatable bonds is 21. The highest BCUT2D eigenvalue weighted by Gasteiger charge is 2.31. The van der Waals surface area contributed by atoms with Gasteiger partial charge in [-0.25, -0.2) is 4.79 Å². The number of carboxylic acid groups (broad SMARTS) is 1. The Bertz CT molecular complexity index is 1020. The minimum Gasteiger partial charge on any atom is -0.480 e. The molecule has 1 aromatic carbocycles. The van der Waals surface area contributed by atoms with Crippen molar-refractivity contribution in [2.24, 2.45) is 23.1 Å². The quantitative estimate of drug-likeness (QED) is 0.0873. The molecule has 43 heavy (non-hydrogen) atoms. The highest BCUT2D eigenvalue weighted by molar-refractivity contribution is 5.95. The number of carbonyl (C=O) groups excluding carboxylic acids is 4. The largest absolute Gasteiger partial charge is 0.480 e. The lowest BCUT2D eigenvalue weighted by Gasteiger charge is -2.26. The highest BCUT2D eigenvalue weighted by atomic mass is 16.4. The van der Waals surface area contributed by atoms with E-state index in [-0.39, 0.29) is 18.8 Å². The van der Waals surface area contributed by atoms with E-state index in [1.165, 1.54) is 6.92 Å². The molecule has 13 heteroatoms. The Morgan fingerprint density at radius 3 is 1.79 bits per heavy atom. The molecule has 0 aromatic heterocycles. The topological polar surface area (TPSA) is 232 Å². The van der Waals surface area contributed by atoms with Crippen molar-refractivity contribution in [3.8, 4) is 0 Å². The van der Waals surface area contributed by atoms with Gasteiger partial charge in [-0.1, -0.05) is 50.6 Å². The van der Waals surface area contributed by atoms with Crippen LogP contribution in [0.4, 0.5) is 0 Å². The van der Waals surface area contributed by atoms with Crippen LogP contribution < -0.4 is 38.5 Å². The van der Waals surface area contributed by atoms with Crippen molar-refractivity contribution in [3.63, 3.8) is 0 Å². The van der Waals surface area contributed by atoms with Crippen molar-refractivity contribution in [1.82, 2.24) is 21.3 Å². The van der Waals surface area contributed by atoms with E-state index >= 15 is 0 Å². The molecule has 1 rings (SSSR count). The Labute approximate surface area is 254 Å². The first kappa shape index (κ1) is 37.5. The number of nitrogens with two attached hydrogens (primary N) is 3. The molecule has 0 radical (unpaired) electrons. The van der Waals surface area contributed by atoms with Crippen LogP contribution in [0.25, 0.3) is 0 Å². The van der Waals surface area contributed by atoms with Crippen LogP contribution in [0.2, 0.25) is 0 Å². The molecule has 242 valence electrons. The molecule has 0 unspecified atom stereocenters. The molecule has 1 aromatic rings. The third-order valence-electron chi connectivity index (χ3n) is 6.88. The molecule has 0 bridgehead atoms. The second-order valence-corrected chi connectivity index (χ2v) is 11.2. The second kappa shape index (κ2) is 20.4. The van der Waals surface area contributed by atoms with E-state index in [2.05, 4.69) is 21.3 Å². The van der Waals surface area contributed by atoms with Gasteiger partial charge in [-0.05, 0) is 70.0 Å². The van der Waals surface area contributed by atoms with Crippen molar-refractivity contribution in [3.05, 3.63) is 35.9 Å². The Morgan fingerprint density at radius 1 is 0.698 bits per heavy atom. The summed E-state index contributed by atoms with van der Waals surface area (Å²) in [6.45, 7) is 6.14. The SMILES string of the molecule is CC(C)C[C@H](NC(=O)[C@@H](N)CCCCN)C(=O)N[C@@H](Cc1ccccc1)C(=O)N[C@@H](C)C(=O)N[C@@H](CCCCN)C(=O)O. The van der Waals surface area contributed by atoms with E-state index in [1.807, 2.05) is 19.9 Å². The molecule has 0 fully saturated rings. The maximum Gasteiger partial charge on any atom is 0.326 e. The van der Waals surface area contributed by atoms with Crippen LogP contribution in [0.1, 0.15) is 71.3 Å². The molecule has 0 spiro atoms. The van der Waals surface area contributed by atoms with Gasteiger partial charge in [-0.3, -0.25) is 19.2 Å². The molecule has 0 aliphatic rings.